The van der Waals surface area contributed by atoms with Gasteiger partial charge in [0.15, 0.2) is 0 Å². The van der Waals surface area contributed by atoms with Crippen molar-refractivity contribution in [3.05, 3.63) is 28.8 Å². The highest BCUT2D eigenvalue weighted by atomic mass is 35.5. The molecule has 1 aromatic carbocycles. The number of anilines is 1. The zero-order valence-corrected chi connectivity index (χ0v) is 13.0. The molecule has 0 radical (unpaired) electrons. The molecule has 2 aliphatic heterocycles. The van der Waals surface area contributed by atoms with Gasteiger partial charge >= 0.3 is 0 Å². The molecule has 0 amide bonds. The summed E-state index contributed by atoms with van der Waals surface area (Å²) >= 11 is 6.51. The summed E-state index contributed by atoms with van der Waals surface area (Å²) in [6, 6.07) is 7.21. The first kappa shape index (κ1) is 14.2. The minimum absolute atomic E-state index is 0.727. The molecule has 1 atom stereocenters. The zero-order valence-electron chi connectivity index (χ0n) is 12.2. The fourth-order valence-electron chi connectivity index (χ4n) is 3.55. The SMILES string of the molecule is CNCc1ccc(N2CCCN3CCCC3C2)c(Cl)c1. The van der Waals surface area contributed by atoms with Gasteiger partial charge in [-0.2, -0.15) is 0 Å². The molecule has 2 heterocycles. The molecule has 1 aromatic rings. The molecule has 4 heteroatoms. The Hall–Kier alpha value is -0.770. The second-order valence-electron chi connectivity index (χ2n) is 5.95. The van der Waals surface area contributed by atoms with Gasteiger partial charge in [-0.15, -0.1) is 0 Å². The molecule has 2 saturated heterocycles. The highest BCUT2D eigenvalue weighted by Gasteiger charge is 2.29. The average Bonchev–Trinajstić information content (AvgIpc) is 2.77. The maximum absolute atomic E-state index is 6.51. The summed E-state index contributed by atoms with van der Waals surface area (Å²) in [6.45, 7) is 5.66. The molecule has 0 aliphatic carbocycles. The molecule has 2 fully saturated rings. The normalized spacial score (nSPS) is 23.7. The van der Waals surface area contributed by atoms with E-state index in [9.17, 15) is 0 Å². The van der Waals surface area contributed by atoms with Crippen LogP contribution in [0.3, 0.4) is 0 Å². The zero-order chi connectivity index (χ0) is 13.9. The molecule has 3 nitrogen and oxygen atoms in total. The molecule has 20 heavy (non-hydrogen) atoms. The van der Waals surface area contributed by atoms with Crippen LogP contribution in [0.4, 0.5) is 5.69 Å². The van der Waals surface area contributed by atoms with E-state index in [1.807, 2.05) is 7.05 Å². The molecular formula is C16H24ClN3. The summed E-state index contributed by atoms with van der Waals surface area (Å²) in [5.41, 5.74) is 2.46. The fraction of sp³-hybridized carbons (Fsp3) is 0.625. The average molecular weight is 294 g/mol. The van der Waals surface area contributed by atoms with E-state index in [0.717, 1.165) is 30.7 Å². The number of fused-ring (bicyclic) bond motifs is 1. The second-order valence-corrected chi connectivity index (χ2v) is 6.35. The van der Waals surface area contributed by atoms with E-state index < -0.39 is 0 Å². The van der Waals surface area contributed by atoms with Gasteiger partial charge < -0.3 is 10.2 Å². The van der Waals surface area contributed by atoms with Crippen LogP contribution in [0.5, 0.6) is 0 Å². The number of nitrogens with one attached hydrogen (secondary N) is 1. The van der Waals surface area contributed by atoms with Crippen molar-refractivity contribution in [2.24, 2.45) is 0 Å². The number of rotatable bonds is 3. The quantitative estimate of drug-likeness (QED) is 0.924. The molecule has 0 saturated carbocycles. The molecule has 1 unspecified atom stereocenters. The standard InChI is InChI=1S/C16H24ClN3/c1-18-11-13-5-6-16(15(17)10-13)20-9-3-8-19-7-2-4-14(19)12-20/h5-6,10,14,18H,2-4,7-9,11-12H2,1H3. The molecule has 0 bridgehead atoms. The Labute approximate surface area is 126 Å². The maximum Gasteiger partial charge on any atom is 0.0642 e. The number of hydrogen-bond acceptors (Lipinski definition) is 3. The minimum Gasteiger partial charge on any atom is -0.369 e. The van der Waals surface area contributed by atoms with Gasteiger partial charge in [-0.1, -0.05) is 17.7 Å². The number of halogens is 1. The number of nitrogens with zero attached hydrogens (tertiary/aromatic N) is 2. The van der Waals surface area contributed by atoms with Gasteiger partial charge in [-0.25, -0.2) is 0 Å². The highest BCUT2D eigenvalue weighted by molar-refractivity contribution is 6.33. The van der Waals surface area contributed by atoms with Gasteiger partial charge in [-0.05, 0) is 50.6 Å². The Morgan fingerprint density at radius 3 is 2.90 bits per heavy atom. The Kier molecular flexibility index (Phi) is 4.49. The van der Waals surface area contributed by atoms with Crippen LogP contribution in [0.2, 0.25) is 5.02 Å². The van der Waals surface area contributed by atoms with E-state index in [2.05, 4.69) is 33.3 Å². The first-order valence-corrected chi connectivity index (χ1v) is 8.08. The van der Waals surface area contributed by atoms with Crippen molar-refractivity contribution in [3.63, 3.8) is 0 Å². The Bertz CT molecular complexity index is 463. The smallest absolute Gasteiger partial charge is 0.0642 e. The van der Waals surface area contributed by atoms with Crippen molar-refractivity contribution in [1.29, 1.82) is 0 Å². The van der Waals surface area contributed by atoms with E-state index in [1.165, 1.54) is 43.6 Å². The van der Waals surface area contributed by atoms with E-state index in [1.54, 1.807) is 0 Å². The van der Waals surface area contributed by atoms with Crippen molar-refractivity contribution in [2.75, 3.05) is 38.1 Å². The van der Waals surface area contributed by atoms with Crippen LogP contribution in [-0.4, -0.2) is 44.2 Å². The monoisotopic (exact) mass is 293 g/mol. The molecular weight excluding hydrogens is 270 g/mol. The van der Waals surface area contributed by atoms with Crippen LogP contribution in [0, 0.1) is 0 Å². The maximum atomic E-state index is 6.51. The van der Waals surface area contributed by atoms with E-state index in [4.69, 9.17) is 11.6 Å². The van der Waals surface area contributed by atoms with Crippen molar-refractivity contribution in [3.8, 4) is 0 Å². The molecule has 0 spiro atoms. The largest absolute Gasteiger partial charge is 0.369 e. The lowest BCUT2D eigenvalue weighted by atomic mass is 10.1. The molecule has 110 valence electrons. The van der Waals surface area contributed by atoms with Crippen LogP contribution < -0.4 is 10.2 Å². The van der Waals surface area contributed by atoms with Crippen LogP contribution >= 0.6 is 11.6 Å². The van der Waals surface area contributed by atoms with E-state index in [-0.39, 0.29) is 0 Å². The first-order chi connectivity index (χ1) is 9.78. The molecule has 3 rings (SSSR count). The summed E-state index contributed by atoms with van der Waals surface area (Å²) in [6.07, 6.45) is 3.93. The second kappa shape index (κ2) is 6.33. The Morgan fingerprint density at radius 2 is 2.10 bits per heavy atom. The van der Waals surface area contributed by atoms with Gasteiger partial charge in [0.05, 0.1) is 10.7 Å². The van der Waals surface area contributed by atoms with Crippen molar-refractivity contribution >= 4 is 17.3 Å². The van der Waals surface area contributed by atoms with Gasteiger partial charge in [0.1, 0.15) is 0 Å². The lowest BCUT2D eigenvalue weighted by Gasteiger charge is -2.28. The lowest BCUT2D eigenvalue weighted by molar-refractivity contribution is 0.273. The first-order valence-electron chi connectivity index (χ1n) is 7.70. The van der Waals surface area contributed by atoms with E-state index >= 15 is 0 Å². The minimum atomic E-state index is 0.727. The van der Waals surface area contributed by atoms with Crippen LogP contribution in [-0.2, 0) is 6.54 Å². The highest BCUT2D eigenvalue weighted by Crippen LogP contribution is 2.30. The topological polar surface area (TPSA) is 18.5 Å². The van der Waals surface area contributed by atoms with Crippen LogP contribution in [0.25, 0.3) is 0 Å². The van der Waals surface area contributed by atoms with Gasteiger partial charge in [-0.3, -0.25) is 4.90 Å². The van der Waals surface area contributed by atoms with Crippen LogP contribution in [0.1, 0.15) is 24.8 Å². The summed E-state index contributed by atoms with van der Waals surface area (Å²) in [5.74, 6) is 0. The fourth-order valence-corrected chi connectivity index (χ4v) is 3.87. The summed E-state index contributed by atoms with van der Waals surface area (Å²) in [7, 11) is 1.96. The van der Waals surface area contributed by atoms with Crippen molar-refractivity contribution in [2.45, 2.75) is 31.8 Å². The molecule has 1 N–H and O–H groups in total. The lowest BCUT2D eigenvalue weighted by Crippen LogP contribution is -2.36. The summed E-state index contributed by atoms with van der Waals surface area (Å²) in [4.78, 5) is 5.14. The summed E-state index contributed by atoms with van der Waals surface area (Å²) < 4.78 is 0. The van der Waals surface area contributed by atoms with Crippen molar-refractivity contribution < 1.29 is 0 Å². The Morgan fingerprint density at radius 1 is 1.25 bits per heavy atom. The predicted molar refractivity (Wildman–Crippen MR) is 85.6 cm³/mol. The van der Waals surface area contributed by atoms with Crippen molar-refractivity contribution in [1.82, 2.24) is 10.2 Å². The molecule has 0 aromatic heterocycles. The van der Waals surface area contributed by atoms with Gasteiger partial charge in [0.2, 0.25) is 0 Å². The van der Waals surface area contributed by atoms with Gasteiger partial charge in [0, 0.05) is 32.2 Å². The third kappa shape index (κ3) is 2.95. The number of benzene rings is 1. The summed E-state index contributed by atoms with van der Waals surface area (Å²) in [5, 5.41) is 4.06. The van der Waals surface area contributed by atoms with Gasteiger partial charge in [0.25, 0.3) is 0 Å². The van der Waals surface area contributed by atoms with Crippen LogP contribution in [0.15, 0.2) is 18.2 Å². The molecule has 2 aliphatic rings. The number of hydrogen-bond donors (Lipinski definition) is 1. The third-order valence-corrected chi connectivity index (χ3v) is 4.84. The predicted octanol–water partition coefficient (Wildman–Crippen LogP) is 2.73. The van der Waals surface area contributed by atoms with E-state index in [0.29, 0.717) is 0 Å². The third-order valence-electron chi connectivity index (χ3n) is 4.54. The Balaban J connectivity index is 1.77.